The second-order valence-electron chi connectivity index (χ2n) is 5.08. The number of nitrogens with one attached hydrogen (secondary N) is 1. The summed E-state index contributed by atoms with van der Waals surface area (Å²) in [5.41, 5.74) is 2.62. The largest absolute Gasteiger partial charge is 0.310 e. The summed E-state index contributed by atoms with van der Waals surface area (Å²) >= 11 is 0. The molecule has 1 N–H and O–H groups in total. The zero-order valence-electron chi connectivity index (χ0n) is 11.1. The maximum absolute atomic E-state index is 4.19. The van der Waals surface area contributed by atoms with Gasteiger partial charge in [0.1, 0.15) is 0 Å². The second kappa shape index (κ2) is 6.00. The van der Waals surface area contributed by atoms with Crippen LogP contribution in [0.4, 0.5) is 0 Å². The Balaban J connectivity index is 2.53. The fourth-order valence-electron chi connectivity index (χ4n) is 1.64. The molecule has 2 unspecified atom stereocenters. The Labute approximate surface area is 99.5 Å². The van der Waals surface area contributed by atoms with Crippen LogP contribution in [0.1, 0.15) is 44.9 Å². The first kappa shape index (κ1) is 13.2. The van der Waals surface area contributed by atoms with Gasteiger partial charge in [-0.2, -0.15) is 0 Å². The number of aromatic nitrogens is 1. The first-order valence-electron chi connectivity index (χ1n) is 6.16. The van der Waals surface area contributed by atoms with Crippen LogP contribution < -0.4 is 5.32 Å². The van der Waals surface area contributed by atoms with E-state index in [0.29, 0.717) is 12.0 Å². The third-order valence-corrected chi connectivity index (χ3v) is 3.43. The van der Waals surface area contributed by atoms with Crippen molar-refractivity contribution in [3.05, 3.63) is 29.6 Å². The highest BCUT2D eigenvalue weighted by molar-refractivity contribution is 5.24. The number of aryl methyl sites for hydroxylation is 1. The molecule has 2 atom stereocenters. The number of hydrogen-bond donors (Lipinski definition) is 1. The Bertz CT molecular complexity index is 320. The van der Waals surface area contributed by atoms with Crippen molar-refractivity contribution in [1.82, 2.24) is 10.3 Å². The maximum atomic E-state index is 4.19. The molecule has 16 heavy (non-hydrogen) atoms. The summed E-state index contributed by atoms with van der Waals surface area (Å²) in [6.07, 6.45) is 3.81. The van der Waals surface area contributed by atoms with E-state index in [0.717, 1.165) is 12.5 Å². The molecule has 1 aromatic heterocycles. The molecule has 2 heteroatoms. The van der Waals surface area contributed by atoms with E-state index in [1.807, 2.05) is 12.4 Å². The Morgan fingerprint density at radius 3 is 2.50 bits per heavy atom. The van der Waals surface area contributed by atoms with Crippen LogP contribution in [0.15, 0.2) is 18.5 Å². The van der Waals surface area contributed by atoms with Crippen LogP contribution in [0, 0.1) is 18.8 Å². The number of hydrogen-bond acceptors (Lipinski definition) is 2. The molecule has 1 aromatic rings. The van der Waals surface area contributed by atoms with E-state index in [1.165, 1.54) is 11.1 Å². The Morgan fingerprint density at radius 1 is 1.25 bits per heavy atom. The molecule has 0 bridgehead atoms. The van der Waals surface area contributed by atoms with Crippen molar-refractivity contribution in [3.8, 4) is 0 Å². The minimum atomic E-state index is 0.384. The topological polar surface area (TPSA) is 24.9 Å². The predicted octanol–water partition coefficient (Wildman–Crippen LogP) is 3.33. The van der Waals surface area contributed by atoms with E-state index in [2.05, 4.69) is 51.0 Å². The zero-order valence-corrected chi connectivity index (χ0v) is 11.1. The van der Waals surface area contributed by atoms with Crippen molar-refractivity contribution in [2.75, 3.05) is 6.54 Å². The molecule has 0 aliphatic carbocycles. The Hall–Kier alpha value is -0.890. The van der Waals surface area contributed by atoms with Gasteiger partial charge in [0.15, 0.2) is 0 Å². The van der Waals surface area contributed by atoms with Crippen LogP contribution in [0.3, 0.4) is 0 Å². The highest BCUT2D eigenvalue weighted by Gasteiger charge is 2.11. The van der Waals surface area contributed by atoms with Gasteiger partial charge in [-0.25, -0.2) is 0 Å². The van der Waals surface area contributed by atoms with Gasteiger partial charge in [-0.1, -0.05) is 20.8 Å². The SMILES string of the molecule is Cc1ccncc1C(C)NCC(C)C(C)C. The fourth-order valence-corrected chi connectivity index (χ4v) is 1.64. The minimum Gasteiger partial charge on any atom is -0.310 e. The molecule has 0 saturated heterocycles. The Kier molecular flexibility index (Phi) is 4.94. The van der Waals surface area contributed by atoms with Gasteiger partial charge >= 0.3 is 0 Å². The fraction of sp³-hybridized carbons (Fsp3) is 0.643. The van der Waals surface area contributed by atoms with Crippen molar-refractivity contribution in [2.45, 2.75) is 40.7 Å². The molecule has 2 nitrogen and oxygen atoms in total. The van der Waals surface area contributed by atoms with Gasteiger partial charge < -0.3 is 5.32 Å². The molecule has 0 amide bonds. The highest BCUT2D eigenvalue weighted by Crippen LogP contribution is 2.16. The summed E-state index contributed by atoms with van der Waals surface area (Å²) in [4.78, 5) is 4.19. The minimum absolute atomic E-state index is 0.384. The van der Waals surface area contributed by atoms with Crippen molar-refractivity contribution in [3.63, 3.8) is 0 Å². The molecule has 1 heterocycles. The molecule has 1 rings (SSSR count). The molecular formula is C14H24N2. The maximum Gasteiger partial charge on any atom is 0.0318 e. The van der Waals surface area contributed by atoms with Gasteiger partial charge in [0, 0.05) is 18.4 Å². The first-order chi connectivity index (χ1) is 7.52. The molecule has 0 aromatic carbocycles. The van der Waals surface area contributed by atoms with Crippen LogP contribution >= 0.6 is 0 Å². The molecule has 90 valence electrons. The number of rotatable bonds is 5. The number of nitrogens with zero attached hydrogens (tertiary/aromatic N) is 1. The summed E-state index contributed by atoms with van der Waals surface area (Å²) in [5.74, 6) is 1.44. The van der Waals surface area contributed by atoms with Gasteiger partial charge in [-0.3, -0.25) is 4.98 Å². The number of pyridine rings is 1. The standard InChI is InChI=1S/C14H24N2/c1-10(2)12(4)8-16-13(5)14-9-15-7-6-11(14)3/h6-7,9-10,12-13,16H,8H2,1-5H3. The lowest BCUT2D eigenvalue weighted by atomic mass is 9.97. The predicted molar refractivity (Wildman–Crippen MR) is 69.4 cm³/mol. The average molecular weight is 220 g/mol. The van der Waals surface area contributed by atoms with Crippen LogP contribution in [0.2, 0.25) is 0 Å². The quantitative estimate of drug-likeness (QED) is 0.823. The van der Waals surface area contributed by atoms with Crippen LogP contribution in [0.5, 0.6) is 0 Å². The summed E-state index contributed by atoms with van der Waals surface area (Å²) in [6.45, 7) is 12.2. The smallest absolute Gasteiger partial charge is 0.0318 e. The molecular weight excluding hydrogens is 196 g/mol. The molecule has 0 fully saturated rings. The third-order valence-electron chi connectivity index (χ3n) is 3.43. The summed E-state index contributed by atoms with van der Waals surface area (Å²) < 4.78 is 0. The normalized spacial score (nSPS) is 15.1. The first-order valence-corrected chi connectivity index (χ1v) is 6.16. The van der Waals surface area contributed by atoms with E-state index in [-0.39, 0.29) is 0 Å². The van der Waals surface area contributed by atoms with Crippen molar-refractivity contribution < 1.29 is 0 Å². The third kappa shape index (κ3) is 3.60. The van der Waals surface area contributed by atoms with Gasteiger partial charge in [-0.05, 0) is 49.4 Å². The van der Waals surface area contributed by atoms with E-state index in [9.17, 15) is 0 Å². The van der Waals surface area contributed by atoms with E-state index in [4.69, 9.17) is 0 Å². The van der Waals surface area contributed by atoms with Gasteiger partial charge in [-0.15, -0.1) is 0 Å². The molecule has 0 radical (unpaired) electrons. The summed E-state index contributed by atoms with van der Waals surface area (Å²) in [5, 5.41) is 3.58. The molecule has 0 aliphatic heterocycles. The van der Waals surface area contributed by atoms with Gasteiger partial charge in [0.2, 0.25) is 0 Å². The van der Waals surface area contributed by atoms with Crippen LogP contribution in [0.25, 0.3) is 0 Å². The lowest BCUT2D eigenvalue weighted by molar-refractivity contribution is 0.375. The van der Waals surface area contributed by atoms with Gasteiger partial charge in [0.25, 0.3) is 0 Å². The molecule has 0 saturated carbocycles. The van der Waals surface area contributed by atoms with Crippen LogP contribution in [-0.4, -0.2) is 11.5 Å². The van der Waals surface area contributed by atoms with E-state index in [1.54, 1.807) is 0 Å². The zero-order chi connectivity index (χ0) is 12.1. The monoisotopic (exact) mass is 220 g/mol. The van der Waals surface area contributed by atoms with Gasteiger partial charge in [0.05, 0.1) is 0 Å². The molecule has 0 aliphatic rings. The second-order valence-corrected chi connectivity index (χ2v) is 5.08. The highest BCUT2D eigenvalue weighted by atomic mass is 14.9. The van der Waals surface area contributed by atoms with Crippen LogP contribution in [-0.2, 0) is 0 Å². The van der Waals surface area contributed by atoms with Crippen molar-refractivity contribution >= 4 is 0 Å². The van der Waals surface area contributed by atoms with Crippen molar-refractivity contribution in [1.29, 1.82) is 0 Å². The summed E-state index contributed by atoms with van der Waals surface area (Å²) in [7, 11) is 0. The average Bonchev–Trinajstić information content (AvgIpc) is 2.25. The van der Waals surface area contributed by atoms with Crippen molar-refractivity contribution in [2.24, 2.45) is 11.8 Å². The lowest BCUT2D eigenvalue weighted by Crippen LogP contribution is -2.27. The van der Waals surface area contributed by atoms with E-state index < -0.39 is 0 Å². The Morgan fingerprint density at radius 2 is 1.94 bits per heavy atom. The lowest BCUT2D eigenvalue weighted by Gasteiger charge is -2.21. The molecule has 0 spiro atoms. The summed E-state index contributed by atoms with van der Waals surface area (Å²) in [6, 6.07) is 2.45. The van der Waals surface area contributed by atoms with E-state index >= 15 is 0 Å².